The number of fused-ring (bicyclic) bond motifs is 1. The largest absolute Gasteiger partial charge is 0.390 e. The minimum Gasteiger partial charge on any atom is -0.390 e. The molecule has 0 radical (unpaired) electrons. The van der Waals surface area contributed by atoms with Crippen molar-refractivity contribution in [1.29, 1.82) is 0 Å². The third-order valence-electron chi connectivity index (χ3n) is 3.40. The molecule has 4 heteroatoms. The molecule has 2 heterocycles. The van der Waals surface area contributed by atoms with Crippen molar-refractivity contribution in [2.75, 3.05) is 0 Å². The number of hydrogen-bond acceptors (Lipinski definition) is 2. The third-order valence-corrected chi connectivity index (χ3v) is 3.40. The molecular weight excluding hydrogens is 255 g/mol. The van der Waals surface area contributed by atoms with Gasteiger partial charge in [-0.15, -0.1) is 0 Å². The minimum absolute atomic E-state index is 0.0687. The first-order chi connectivity index (χ1) is 9.67. The average Bonchev–Trinajstić information content (AvgIpc) is 2.77. The van der Waals surface area contributed by atoms with Crippen LogP contribution in [-0.4, -0.2) is 14.5 Å². The van der Waals surface area contributed by atoms with Crippen molar-refractivity contribution in [3.05, 3.63) is 70.9 Å². The number of aromatic nitrogens is 2. The van der Waals surface area contributed by atoms with Crippen LogP contribution in [0.2, 0.25) is 0 Å². The highest BCUT2D eigenvalue weighted by atomic mass is 19.1. The predicted octanol–water partition coefficient (Wildman–Crippen LogP) is 2.86. The maximum Gasteiger partial charge on any atom is 0.137 e. The molecular formula is C16H15FN2O. The van der Waals surface area contributed by atoms with Crippen LogP contribution in [0.25, 0.3) is 5.65 Å². The Morgan fingerprint density at radius 1 is 1.20 bits per heavy atom. The first kappa shape index (κ1) is 12.8. The van der Waals surface area contributed by atoms with Gasteiger partial charge in [0.15, 0.2) is 0 Å². The smallest absolute Gasteiger partial charge is 0.137 e. The monoisotopic (exact) mass is 270 g/mol. The zero-order valence-corrected chi connectivity index (χ0v) is 11.2. The summed E-state index contributed by atoms with van der Waals surface area (Å²) in [5, 5.41) is 9.58. The maximum atomic E-state index is 12.9. The molecule has 2 aromatic heterocycles. The fourth-order valence-corrected chi connectivity index (χ4v) is 2.35. The zero-order chi connectivity index (χ0) is 14.1. The van der Waals surface area contributed by atoms with Gasteiger partial charge in [0.25, 0.3) is 0 Å². The number of aryl methyl sites for hydroxylation is 1. The van der Waals surface area contributed by atoms with E-state index in [1.807, 2.05) is 29.7 Å². The summed E-state index contributed by atoms with van der Waals surface area (Å²) in [5.74, 6) is -0.248. The molecule has 20 heavy (non-hydrogen) atoms. The number of pyridine rings is 1. The summed E-state index contributed by atoms with van der Waals surface area (Å²) in [4.78, 5) is 4.57. The molecule has 0 saturated carbocycles. The lowest BCUT2D eigenvalue weighted by Gasteiger charge is -2.02. The van der Waals surface area contributed by atoms with Crippen molar-refractivity contribution in [3.8, 4) is 0 Å². The summed E-state index contributed by atoms with van der Waals surface area (Å²) in [5.41, 5.74) is 4.53. The van der Waals surface area contributed by atoms with Crippen molar-refractivity contribution < 1.29 is 9.50 Å². The Hall–Kier alpha value is -2.20. The van der Waals surface area contributed by atoms with Gasteiger partial charge in [-0.05, 0) is 42.3 Å². The Bertz CT molecular complexity index is 747. The molecule has 0 spiro atoms. The average molecular weight is 270 g/mol. The van der Waals surface area contributed by atoms with Gasteiger partial charge in [-0.1, -0.05) is 12.1 Å². The van der Waals surface area contributed by atoms with Gasteiger partial charge in [0.05, 0.1) is 18.0 Å². The first-order valence-corrected chi connectivity index (χ1v) is 6.49. The number of benzene rings is 1. The minimum atomic E-state index is -0.248. The maximum absolute atomic E-state index is 12.9. The van der Waals surface area contributed by atoms with Gasteiger partial charge in [-0.3, -0.25) is 0 Å². The van der Waals surface area contributed by atoms with Gasteiger partial charge in [0.1, 0.15) is 11.5 Å². The van der Waals surface area contributed by atoms with E-state index >= 15 is 0 Å². The van der Waals surface area contributed by atoms with E-state index in [9.17, 15) is 9.50 Å². The molecule has 0 atom stereocenters. The summed E-state index contributed by atoms with van der Waals surface area (Å²) in [6, 6.07) is 10.3. The molecule has 1 N–H and O–H groups in total. The van der Waals surface area contributed by atoms with E-state index in [-0.39, 0.29) is 12.4 Å². The first-order valence-electron chi connectivity index (χ1n) is 6.49. The molecule has 0 aliphatic heterocycles. The van der Waals surface area contributed by atoms with Crippen LogP contribution in [0, 0.1) is 12.7 Å². The Kier molecular flexibility index (Phi) is 3.24. The molecule has 0 fully saturated rings. The summed E-state index contributed by atoms with van der Waals surface area (Å²) in [6.45, 7) is 1.94. The number of aliphatic hydroxyl groups is 1. The molecule has 1 aromatic carbocycles. The number of nitrogens with zero attached hydrogens (tertiary/aromatic N) is 2. The normalized spacial score (nSPS) is 11.2. The van der Waals surface area contributed by atoms with Gasteiger partial charge < -0.3 is 9.51 Å². The quantitative estimate of drug-likeness (QED) is 0.794. The molecule has 0 unspecified atom stereocenters. The third kappa shape index (κ3) is 2.30. The van der Waals surface area contributed by atoms with E-state index in [4.69, 9.17) is 0 Å². The standard InChI is InChI=1S/C16H15FN2O/c1-11-6-7-19-15(10-20)14(18-16(19)8-11)9-12-2-4-13(17)5-3-12/h2-8,20H,9-10H2,1H3. The van der Waals surface area contributed by atoms with Crippen LogP contribution >= 0.6 is 0 Å². The van der Waals surface area contributed by atoms with Crippen LogP contribution in [-0.2, 0) is 13.0 Å². The van der Waals surface area contributed by atoms with Crippen LogP contribution in [0.3, 0.4) is 0 Å². The summed E-state index contributed by atoms with van der Waals surface area (Å²) in [6.07, 6.45) is 2.49. The molecule has 0 aliphatic carbocycles. The van der Waals surface area contributed by atoms with Crippen molar-refractivity contribution in [2.45, 2.75) is 20.0 Å². The summed E-state index contributed by atoms with van der Waals surface area (Å²) in [7, 11) is 0. The second-order valence-electron chi connectivity index (χ2n) is 4.90. The lowest BCUT2D eigenvalue weighted by molar-refractivity contribution is 0.274. The Labute approximate surface area is 116 Å². The van der Waals surface area contributed by atoms with Gasteiger partial charge in [0.2, 0.25) is 0 Å². The Balaban J connectivity index is 2.04. The Morgan fingerprint density at radius 2 is 1.95 bits per heavy atom. The highest BCUT2D eigenvalue weighted by Gasteiger charge is 2.11. The Morgan fingerprint density at radius 3 is 2.65 bits per heavy atom. The topological polar surface area (TPSA) is 37.5 Å². The number of rotatable bonds is 3. The molecule has 3 rings (SSSR count). The van der Waals surface area contributed by atoms with Crippen LogP contribution in [0.1, 0.15) is 22.5 Å². The lowest BCUT2D eigenvalue weighted by Crippen LogP contribution is -1.98. The van der Waals surface area contributed by atoms with E-state index in [1.165, 1.54) is 12.1 Å². The second kappa shape index (κ2) is 5.06. The molecule has 3 aromatic rings. The van der Waals surface area contributed by atoms with E-state index in [2.05, 4.69) is 4.98 Å². The van der Waals surface area contributed by atoms with Crippen LogP contribution in [0.4, 0.5) is 4.39 Å². The zero-order valence-electron chi connectivity index (χ0n) is 11.2. The van der Waals surface area contributed by atoms with Gasteiger partial charge >= 0.3 is 0 Å². The van der Waals surface area contributed by atoms with Gasteiger partial charge in [-0.2, -0.15) is 0 Å². The highest BCUT2D eigenvalue weighted by Crippen LogP contribution is 2.18. The SMILES string of the molecule is Cc1ccn2c(CO)c(Cc3ccc(F)cc3)nc2c1. The predicted molar refractivity (Wildman–Crippen MR) is 75.1 cm³/mol. The van der Waals surface area contributed by atoms with Crippen LogP contribution in [0.15, 0.2) is 42.6 Å². The second-order valence-corrected chi connectivity index (χ2v) is 4.90. The van der Waals surface area contributed by atoms with E-state index in [0.717, 1.165) is 28.2 Å². The molecule has 0 bridgehead atoms. The van der Waals surface area contributed by atoms with Crippen LogP contribution < -0.4 is 0 Å². The van der Waals surface area contributed by atoms with Gasteiger partial charge in [-0.25, -0.2) is 9.37 Å². The molecule has 0 aliphatic rings. The molecule has 102 valence electrons. The van der Waals surface area contributed by atoms with Crippen molar-refractivity contribution in [3.63, 3.8) is 0 Å². The van der Waals surface area contributed by atoms with E-state index in [0.29, 0.717) is 6.42 Å². The molecule has 3 nitrogen and oxygen atoms in total. The van der Waals surface area contributed by atoms with E-state index in [1.54, 1.807) is 12.1 Å². The number of halogens is 1. The van der Waals surface area contributed by atoms with Crippen LogP contribution in [0.5, 0.6) is 0 Å². The number of aliphatic hydroxyl groups excluding tert-OH is 1. The molecule has 0 saturated heterocycles. The molecule has 0 amide bonds. The van der Waals surface area contributed by atoms with E-state index < -0.39 is 0 Å². The highest BCUT2D eigenvalue weighted by molar-refractivity contribution is 5.46. The van der Waals surface area contributed by atoms with Crippen molar-refractivity contribution in [1.82, 2.24) is 9.38 Å². The summed E-state index contributed by atoms with van der Waals surface area (Å²) < 4.78 is 14.8. The fourth-order valence-electron chi connectivity index (χ4n) is 2.35. The fraction of sp³-hybridized carbons (Fsp3) is 0.188. The van der Waals surface area contributed by atoms with Crippen molar-refractivity contribution in [2.24, 2.45) is 0 Å². The lowest BCUT2D eigenvalue weighted by atomic mass is 10.1. The number of hydrogen-bond donors (Lipinski definition) is 1. The summed E-state index contributed by atoms with van der Waals surface area (Å²) >= 11 is 0. The van der Waals surface area contributed by atoms with Crippen molar-refractivity contribution >= 4 is 5.65 Å². The number of imidazole rings is 1. The van der Waals surface area contributed by atoms with Gasteiger partial charge in [0, 0.05) is 12.6 Å².